The Morgan fingerprint density at radius 1 is 0.800 bits per heavy atom. The van der Waals surface area contributed by atoms with Gasteiger partial charge in [-0.1, -0.05) is 26.7 Å². The van der Waals surface area contributed by atoms with Crippen LogP contribution in [0.25, 0.3) is 0 Å². The lowest BCUT2D eigenvalue weighted by atomic mass is 9.45. The van der Waals surface area contributed by atoms with Crippen LogP contribution in [0.5, 0.6) is 0 Å². The third kappa shape index (κ3) is 1.22. The normalized spacial score (nSPS) is 63.9. The van der Waals surface area contributed by atoms with Crippen molar-refractivity contribution in [3.05, 3.63) is 0 Å². The Bertz CT molecular complexity index is 445. The first-order chi connectivity index (χ1) is 9.60. The highest BCUT2D eigenvalue weighted by molar-refractivity contribution is 5.25. The molecule has 0 aromatic carbocycles. The molecule has 112 valence electrons. The van der Waals surface area contributed by atoms with E-state index in [0.717, 1.165) is 17.8 Å². The molecule has 0 amide bonds. The maximum absolute atomic E-state index is 6.44. The summed E-state index contributed by atoms with van der Waals surface area (Å²) in [4.78, 5) is 0. The van der Waals surface area contributed by atoms with Crippen LogP contribution in [0.4, 0.5) is 0 Å². The second-order valence-electron chi connectivity index (χ2n) is 9.28. The average molecular weight is 274 g/mol. The Morgan fingerprint density at radius 2 is 1.65 bits per heavy atom. The van der Waals surface area contributed by atoms with Crippen molar-refractivity contribution in [1.82, 2.24) is 0 Å². The minimum atomic E-state index is 0.349. The molecule has 7 atom stereocenters. The van der Waals surface area contributed by atoms with Gasteiger partial charge in [0.1, 0.15) is 5.60 Å². The topological polar surface area (TPSA) is 12.5 Å². The van der Waals surface area contributed by atoms with E-state index in [9.17, 15) is 0 Å². The number of hydrogen-bond acceptors (Lipinski definition) is 1. The largest absolute Gasteiger partial charge is 0.365 e. The molecule has 5 rings (SSSR count). The van der Waals surface area contributed by atoms with Gasteiger partial charge in [-0.25, -0.2) is 0 Å². The van der Waals surface area contributed by atoms with Crippen LogP contribution in [0.1, 0.15) is 78.1 Å². The molecule has 0 aromatic rings. The molecule has 1 heterocycles. The van der Waals surface area contributed by atoms with E-state index < -0.39 is 0 Å². The fourth-order valence-electron chi connectivity index (χ4n) is 7.70. The fraction of sp³-hybridized carbons (Fsp3) is 1.00. The molecule has 0 aromatic heterocycles. The van der Waals surface area contributed by atoms with Gasteiger partial charge in [-0.3, -0.25) is 0 Å². The average Bonchev–Trinajstić information content (AvgIpc) is 3.10. The van der Waals surface area contributed by atoms with Crippen molar-refractivity contribution in [1.29, 1.82) is 0 Å². The Hall–Kier alpha value is -0.0400. The molecule has 1 spiro atoms. The van der Waals surface area contributed by atoms with Gasteiger partial charge in [0, 0.05) is 0 Å². The summed E-state index contributed by atoms with van der Waals surface area (Å²) >= 11 is 0. The minimum absolute atomic E-state index is 0.349. The Morgan fingerprint density at radius 3 is 2.50 bits per heavy atom. The van der Waals surface area contributed by atoms with Crippen LogP contribution in [0.2, 0.25) is 0 Å². The number of hydrogen-bond donors (Lipinski definition) is 0. The van der Waals surface area contributed by atoms with E-state index in [1.165, 1.54) is 64.2 Å². The molecule has 5 aliphatic rings. The van der Waals surface area contributed by atoms with E-state index in [2.05, 4.69) is 13.8 Å². The molecular weight excluding hydrogens is 244 g/mol. The van der Waals surface area contributed by atoms with E-state index in [0.29, 0.717) is 22.5 Å². The van der Waals surface area contributed by atoms with Crippen LogP contribution in [-0.4, -0.2) is 11.7 Å². The summed E-state index contributed by atoms with van der Waals surface area (Å²) in [6.07, 6.45) is 15.4. The van der Waals surface area contributed by atoms with Crippen molar-refractivity contribution in [2.75, 3.05) is 0 Å². The molecule has 20 heavy (non-hydrogen) atoms. The highest BCUT2D eigenvalue weighted by atomic mass is 16.6. The molecule has 1 nitrogen and oxygen atoms in total. The lowest BCUT2D eigenvalue weighted by Gasteiger charge is -2.60. The lowest BCUT2D eigenvalue weighted by molar-refractivity contribution is -0.122. The number of ether oxygens (including phenoxy) is 1. The molecule has 0 unspecified atom stereocenters. The van der Waals surface area contributed by atoms with E-state index in [1.54, 1.807) is 0 Å². The second kappa shape index (κ2) is 3.65. The highest BCUT2D eigenvalue weighted by Crippen LogP contribution is 2.74. The summed E-state index contributed by atoms with van der Waals surface area (Å²) < 4.78 is 6.44. The van der Waals surface area contributed by atoms with E-state index in [-0.39, 0.29) is 0 Å². The maximum Gasteiger partial charge on any atom is 0.103 e. The first-order valence-corrected chi connectivity index (χ1v) is 9.28. The number of epoxide rings is 1. The molecule has 1 heteroatoms. The van der Waals surface area contributed by atoms with E-state index in [1.807, 2.05) is 0 Å². The minimum Gasteiger partial charge on any atom is -0.365 e. The zero-order valence-electron chi connectivity index (χ0n) is 13.3. The zero-order chi connectivity index (χ0) is 13.6. The highest BCUT2D eigenvalue weighted by Gasteiger charge is 2.77. The van der Waals surface area contributed by atoms with Gasteiger partial charge in [0.25, 0.3) is 0 Å². The van der Waals surface area contributed by atoms with Gasteiger partial charge in [0.15, 0.2) is 0 Å². The van der Waals surface area contributed by atoms with Crippen molar-refractivity contribution in [3.63, 3.8) is 0 Å². The molecular formula is C19H30O. The Kier molecular flexibility index (Phi) is 2.28. The van der Waals surface area contributed by atoms with Gasteiger partial charge in [0.05, 0.1) is 6.10 Å². The van der Waals surface area contributed by atoms with Crippen molar-refractivity contribution in [2.45, 2.75) is 89.8 Å². The SMILES string of the molecule is C[C@]12CCCC[C@@H]1CC[C@@H]1[C@@H]2CC[C@]2(C)CC[C@H]3O[C@@]132. The fourth-order valence-corrected chi connectivity index (χ4v) is 7.70. The zero-order valence-corrected chi connectivity index (χ0v) is 13.3. The van der Waals surface area contributed by atoms with Crippen LogP contribution in [0.3, 0.4) is 0 Å². The number of fused-ring (bicyclic) bond motifs is 3. The van der Waals surface area contributed by atoms with Gasteiger partial charge in [-0.05, 0) is 80.0 Å². The number of rotatable bonds is 0. The molecule has 4 saturated carbocycles. The lowest BCUT2D eigenvalue weighted by Crippen LogP contribution is -2.56. The van der Waals surface area contributed by atoms with Crippen molar-refractivity contribution >= 4 is 0 Å². The predicted molar refractivity (Wildman–Crippen MR) is 80.5 cm³/mol. The summed E-state index contributed by atoms with van der Waals surface area (Å²) in [5, 5.41) is 0. The molecule has 1 aliphatic heterocycles. The van der Waals surface area contributed by atoms with Crippen LogP contribution in [0, 0.1) is 28.6 Å². The first kappa shape index (κ1) is 12.5. The monoisotopic (exact) mass is 274 g/mol. The van der Waals surface area contributed by atoms with Gasteiger partial charge >= 0.3 is 0 Å². The molecule has 0 N–H and O–H groups in total. The standard InChI is InChI=1S/C19H30O/c1-17-11-8-14-15(19(17)16(20-19)9-12-17)7-6-13-5-3-4-10-18(13,14)2/h13-16H,3-12H2,1-2H3/t13-,14+,15-,16-,17-,18+,19+/m1/s1. The third-order valence-corrected chi connectivity index (χ3v) is 8.83. The molecule has 5 fully saturated rings. The Balaban J connectivity index is 1.54. The summed E-state index contributed by atoms with van der Waals surface area (Å²) in [6.45, 7) is 5.23. The summed E-state index contributed by atoms with van der Waals surface area (Å²) in [5.41, 5.74) is 1.55. The van der Waals surface area contributed by atoms with Gasteiger partial charge in [-0.15, -0.1) is 0 Å². The smallest absolute Gasteiger partial charge is 0.103 e. The van der Waals surface area contributed by atoms with Crippen molar-refractivity contribution in [3.8, 4) is 0 Å². The van der Waals surface area contributed by atoms with Crippen LogP contribution >= 0.6 is 0 Å². The van der Waals surface area contributed by atoms with Crippen LogP contribution < -0.4 is 0 Å². The quantitative estimate of drug-likeness (QED) is 0.570. The van der Waals surface area contributed by atoms with E-state index >= 15 is 0 Å². The van der Waals surface area contributed by atoms with Crippen LogP contribution in [-0.2, 0) is 4.74 Å². The van der Waals surface area contributed by atoms with Crippen molar-refractivity contribution in [2.24, 2.45) is 28.6 Å². The second-order valence-corrected chi connectivity index (χ2v) is 9.28. The van der Waals surface area contributed by atoms with Crippen molar-refractivity contribution < 1.29 is 4.74 Å². The van der Waals surface area contributed by atoms with Gasteiger partial charge in [-0.2, -0.15) is 0 Å². The molecule has 1 saturated heterocycles. The summed E-state index contributed by atoms with van der Waals surface area (Å²) in [6, 6.07) is 0. The third-order valence-electron chi connectivity index (χ3n) is 8.83. The van der Waals surface area contributed by atoms with E-state index in [4.69, 9.17) is 4.74 Å². The predicted octanol–water partition coefficient (Wildman–Crippen LogP) is 4.94. The molecule has 4 aliphatic carbocycles. The molecule has 0 bridgehead atoms. The maximum atomic E-state index is 6.44. The first-order valence-electron chi connectivity index (χ1n) is 9.28. The van der Waals surface area contributed by atoms with Gasteiger partial charge < -0.3 is 4.74 Å². The van der Waals surface area contributed by atoms with Gasteiger partial charge in [0.2, 0.25) is 0 Å². The molecule has 0 radical (unpaired) electrons. The van der Waals surface area contributed by atoms with Crippen LogP contribution in [0.15, 0.2) is 0 Å². The Labute approximate surface area is 123 Å². The summed E-state index contributed by atoms with van der Waals surface area (Å²) in [7, 11) is 0. The summed E-state index contributed by atoms with van der Waals surface area (Å²) in [5.74, 6) is 2.93.